The Labute approximate surface area is 142 Å². The highest BCUT2D eigenvalue weighted by atomic mass is 32.2. The zero-order valence-electron chi connectivity index (χ0n) is 12.7. The second-order valence-electron chi connectivity index (χ2n) is 5.96. The first-order chi connectivity index (χ1) is 11.4. The Bertz CT molecular complexity index is 779. The van der Waals surface area contributed by atoms with E-state index in [2.05, 4.69) is 37.1 Å². The van der Waals surface area contributed by atoms with Gasteiger partial charge in [0, 0.05) is 16.2 Å². The Morgan fingerprint density at radius 3 is 3.17 bits per heavy atom. The molecule has 2 aliphatic heterocycles. The van der Waals surface area contributed by atoms with Crippen molar-refractivity contribution in [2.24, 2.45) is 0 Å². The van der Waals surface area contributed by atoms with Crippen LogP contribution < -0.4 is 15.8 Å². The van der Waals surface area contributed by atoms with Crippen LogP contribution in [0, 0.1) is 0 Å². The van der Waals surface area contributed by atoms with E-state index in [0.29, 0.717) is 0 Å². The van der Waals surface area contributed by atoms with Crippen LogP contribution >= 0.6 is 23.1 Å². The Morgan fingerprint density at radius 2 is 2.26 bits per heavy atom. The molecule has 23 heavy (non-hydrogen) atoms. The van der Waals surface area contributed by atoms with Crippen LogP contribution in [0.15, 0.2) is 17.8 Å². The van der Waals surface area contributed by atoms with Gasteiger partial charge in [-0.15, -0.1) is 28.1 Å². The summed E-state index contributed by atoms with van der Waals surface area (Å²) >= 11 is 3.62. The molecular weight excluding hydrogens is 328 g/mol. The molecule has 2 N–H and O–H groups in total. The highest BCUT2D eigenvalue weighted by molar-refractivity contribution is 7.99. The van der Waals surface area contributed by atoms with E-state index in [-0.39, 0.29) is 6.17 Å². The third-order valence-corrected chi connectivity index (χ3v) is 6.85. The molecule has 5 rings (SSSR count). The van der Waals surface area contributed by atoms with Crippen LogP contribution in [0.1, 0.15) is 35.0 Å². The van der Waals surface area contributed by atoms with Gasteiger partial charge < -0.3 is 0 Å². The van der Waals surface area contributed by atoms with Gasteiger partial charge >= 0.3 is 0 Å². The molecule has 1 aliphatic carbocycles. The van der Waals surface area contributed by atoms with Gasteiger partial charge in [-0.05, 0) is 31.2 Å². The number of hydrogen-bond donors (Lipinski definition) is 2. The van der Waals surface area contributed by atoms with Crippen LogP contribution in [0.4, 0.5) is 5.95 Å². The molecule has 120 valence electrons. The van der Waals surface area contributed by atoms with Crippen LogP contribution in [0.3, 0.4) is 0 Å². The van der Waals surface area contributed by atoms with Gasteiger partial charge in [-0.2, -0.15) is 0 Å². The summed E-state index contributed by atoms with van der Waals surface area (Å²) in [6.07, 6.45) is 7.09. The summed E-state index contributed by atoms with van der Waals surface area (Å²) in [4.78, 5) is 1.55. The maximum absolute atomic E-state index is 4.45. The van der Waals surface area contributed by atoms with Crippen molar-refractivity contribution >= 4 is 29.0 Å². The Morgan fingerprint density at radius 1 is 1.35 bits per heavy atom. The number of fused-ring (bicyclic) bond motifs is 8. The van der Waals surface area contributed by atoms with Gasteiger partial charge in [-0.3, -0.25) is 10.3 Å². The van der Waals surface area contributed by atoms with Crippen molar-refractivity contribution < 1.29 is 0 Å². The van der Waals surface area contributed by atoms with Crippen LogP contribution in [0.2, 0.25) is 0 Å². The number of thioether (sulfide) groups is 1. The van der Waals surface area contributed by atoms with Crippen molar-refractivity contribution in [1.82, 2.24) is 25.5 Å². The molecule has 8 heteroatoms. The van der Waals surface area contributed by atoms with E-state index in [1.165, 1.54) is 36.2 Å². The molecule has 1 fully saturated rings. The van der Waals surface area contributed by atoms with Gasteiger partial charge in [-0.1, -0.05) is 17.8 Å². The molecule has 0 spiro atoms. The summed E-state index contributed by atoms with van der Waals surface area (Å²) in [7, 11) is 0. The molecule has 0 amide bonds. The first-order valence-electron chi connectivity index (χ1n) is 7.98. The highest BCUT2D eigenvalue weighted by Gasteiger charge is 2.41. The molecular formula is C15H18N6S2. The van der Waals surface area contributed by atoms with Crippen molar-refractivity contribution in [3.63, 3.8) is 0 Å². The number of hydrazine groups is 1. The van der Waals surface area contributed by atoms with Crippen molar-refractivity contribution in [1.29, 1.82) is 0 Å². The summed E-state index contributed by atoms with van der Waals surface area (Å²) in [6, 6.07) is 0. The average molecular weight is 346 g/mol. The summed E-state index contributed by atoms with van der Waals surface area (Å²) in [6.45, 7) is 4.57. The number of aryl methyl sites for hydroxylation is 1. The van der Waals surface area contributed by atoms with E-state index < -0.39 is 0 Å². The zero-order chi connectivity index (χ0) is 15.4. The first-order valence-corrected chi connectivity index (χ1v) is 9.78. The second-order valence-corrected chi connectivity index (χ2v) is 8.03. The topological polar surface area (TPSA) is 58.0 Å². The Balaban J connectivity index is 1.72. The van der Waals surface area contributed by atoms with E-state index in [1.54, 1.807) is 22.2 Å². The number of nitrogens with zero attached hydrogens (tertiary/aromatic N) is 4. The van der Waals surface area contributed by atoms with Gasteiger partial charge in [0.05, 0.1) is 6.67 Å². The number of rotatable bonds is 3. The van der Waals surface area contributed by atoms with Crippen molar-refractivity contribution in [2.75, 3.05) is 17.4 Å². The molecule has 1 atom stereocenters. The smallest absolute Gasteiger partial charge is 0.249 e. The van der Waals surface area contributed by atoms with E-state index in [9.17, 15) is 0 Å². The summed E-state index contributed by atoms with van der Waals surface area (Å²) in [5.41, 5.74) is 6.39. The summed E-state index contributed by atoms with van der Waals surface area (Å²) in [5, 5.41) is 16.8. The number of anilines is 1. The van der Waals surface area contributed by atoms with Crippen molar-refractivity contribution in [2.45, 2.75) is 37.0 Å². The summed E-state index contributed by atoms with van der Waals surface area (Å²) in [5.74, 6) is 1.73. The number of thiophene rings is 1. The quantitative estimate of drug-likeness (QED) is 0.657. The fraction of sp³-hybridized carbons (Fsp3) is 0.467. The molecule has 0 saturated carbocycles. The first kappa shape index (κ1) is 14.0. The molecule has 0 radical (unpaired) electrons. The maximum Gasteiger partial charge on any atom is 0.249 e. The lowest BCUT2D eigenvalue weighted by molar-refractivity contribution is 0.579. The van der Waals surface area contributed by atoms with Gasteiger partial charge in [-0.25, -0.2) is 9.99 Å². The standard InChI is InChI=1S/C15H18N6S2/c1-2-7-22-15-19-18-14-20(15)13-11(12-16-8-17-21(12)14)9-5-3-4-6-10(9)23-13/h2,12,16-17H,1,3-8H2. The lowest BCUT2D eigenvalue weighted by Crippen LogP contribution is -2.39. The highest BCUT2D eigenvalue weighted by Crippen LogP contribution is 2.47. The minimum absolute atomic E-state index is 0.178. The Hall–Kier alpha value is -1.35. The monoisotopic (exact) mass is 346 g/mol. The SMILES string of the molecule is C=CCSc1nnc2n1-c1sc3c(c1C1NCNN21)CCCC3. The van der Waals surface area contributed by atoms with Crippen LogP contribution in [-0.2, 0) is 12.8 Å². The van der Waals surface area contributed by atoms with E-state index in [4.69, 9.17) is 0 Å². The van der Waals surface area contributed by atoms with Crippen LogP contribution in [0.5, 0.6) is 0 Å². The fourth-order valence-corrected chi connectivity index (χ4v) is 5.82. The van der Waals surface area contributed by atoms with Gasteiger partial charge in [0.2, 0.25) is 5.95 Å². The maximum atomic E-state index is 4.45. The second kappa shape index (κ2) is 5.34. The Kier molecular flexibility index (Phi) is 3.26. The third-order valence-electron chi connectivity index (χ3n) is 4.63. The number of hydrogen-bond acceptors (Lipinski definition) is 7. The lowest BCUT2D eigenvalue weighted by atomic mass is 9.94. The van der Waals surface area contributed by atoms with E-state index in [1.807, 2.05) is 17.4 Å². The van der Waals surface area contributed by atoms with E-state index in [0.717, 1.165) is 23.5 Å². The predicted octanol–water partition coefficient (Wildman–Crippen LogP) is 2.37. The fourth-order valence-electron chi connectivity index (χ4n) is 3.67. The van der Waals surface area contributed by atoms with E-state index >= 15 is 0 Å². The molecule has 0 bridgehead atoms. The lowest BCUT2D eigenvalue weighted by Gasteiger charge is -2.31. The zero-order valence-corrected chi connectivity index (χ0v) is 14.3. The number of aromatic nitrogens is 3. The van der Waals surface area contributed by atoms with Crippen molar-refractivity contribution in [3.05, 3.63) is 28.7 Å². The van der Waals surface area contributed by atoms with Crippen LogP contribution in [0.25, 0.3) is 5.00 Å². The molecule has 2 aromatic heterocycles. The minimum Gasteiger partial charge on any atom is -0.278 e. The molecule has 1 saturated heterocycles. The largest absolute Gasteiger partial charge is 0.278 e. The molecule has 2 aromatic rings. The third kappa shape index (κ3) is 1.95. The van der Waals surface area contributed by atoms with Crippen LogP contribution in [-0.4, -0.2) is 27.2 Å². The van der Waals surface area contributed by atoms with Gasteiger partial charge in [0.25, 0.3) is 0 Å². The average Bonchev–Trinajstić information content (AvgIpc) is 3.27. The van der Waals surface area contributed by atoms with Gasteiger partial charge in [0.15, 0.2) is 5.16 Å². The normalized spacial score (nSPS) is 21.6. The number of nitrogens with one attached hydrogen (secondary N) is 2. The molecule has 3 aliphatic rings. The minimum atomic E-state index is 0.178. The predicted molar refractivity (Wildman–Crippen MR) is 93.2 cm³/mol. The molecule has 6 nitrogen and oxygen atoms in total. The van der Waals surface area contributed by atoms with Gasteiger partial charge in [0.1, 0.15) is 11.2 Å². The summed E-state index contributed by atoms with van der Waals surface area (Å²) < 4.78 is 2.23. The molecule has 0 aromatic carbocycles. The molecule has 4 heterocycles. The van der Waals surface area contributed by atoms with Crippen molar-refractivity contribution in [3.8, 4) is 5.00 Å². The molecule has 1 unspecified atom stereocenters.